The van der Waals surface area contributed by atoms with E-state index in [-0.39, 0.29) is 17.9 Å². The highest BCUT2D eigenvalue weighted by Gasteiger charge is 2.23. The van der Waals surface area contributed by atoms with Crippen molar-refractivity contribution in [3.63, 3.8) is 0 Å². The van der Waals surface area contributed by atoms with Gasteiger partial charge in [0.25, 0.3) is 0 Å². The predicted octanol–water partition coefficient (Wildman–Crippen LogP) is 2.35. The molecule has 0 saturated carbocycles. The highest BCUT2D eigenvalue weighted by molar-refractivity contribution is 5.80. The molecule has 0 amide bonds. The second-order valence-corrected chi connectivity index (χ2v) is 8.19. The molecule has 1 aliphatic heterocycles. The first-order valence-corrected chi connectivity index (χ1v) is 10.9. The number of nitrogens with zero attached hydrogens (tertiary/aromatic N) is 4. The van der Waals surface area contributed by atoms with E-state index in [9.17, 15) is 4.39 Å². The average molecular weight is 431 g/mol. The number of morpholine rings is 1. The molecule has 31 heavy (non-hydrogen) atoms. The van der Waals surface area contributed by atoms with Gasteiger partial charge in [0.1, 0.15) is 5.82 Å². The molecular formula is C23H35FN6O. The van der Waals surface area contributed by atoms with E-state index in [1.807, 2.05) is 24.7 Å². The topological polar surface area (TPSA) is 66.7 Å². The van der Waals surface area contributed by atoms with Gasteiger partial charge in [-0.1, -0.05) is 12.1 Å². The lowest BCUT2D eigenvalue weighted by Gasteiger charge is -2.35. The van der Waals surface area contributed by atoms with Crippen molar-refractivity contribution >= 4 is 5.96 Å². The Balaban J connectivity index is 1.64. The first-order chi connectivity index (χ1) is 14.9. The number of aromatic nitrogens is 2. The summed E-state index contributed by atoms with van der Waals surface area (Å²) in [5.41, 5.74) is 4.48. The number of aliphatic imine (C=N–C) groups is 1. The summed E-state index contributed by atoms with van der Waals surface area (Å²) in [6.07, 6.45) is 0.864. The lowest BCUT2D eigenvalue weighted by molar-refractivity contribution is 0.0169. The van der Waals surface area contributed by atoms with Crippen molar-refractivity contribution in [1.82, 2.24) is 25.3 Å². The van der Waals surface area contributed by atoms with Gasteiger partial charge < -0.3 is 15.4 Å². The van der Waals surface area contributed by atoms with Crippen LogP contribution in [0.2, 0.25) is 0 Å². The number of ether oxygens (including phenoxy) is 1. The molecule has 170 valence electrons. The lowest BCUT2D eigenvalue weighted by Crippen LogP contribution is -2.48. The largest absolute Gasteiger partial charge is 0.379 e. The van der Waals surface area contributed by atoms with Gasteiger partial charge in [-0.3, -0.25) is 14.6 Å². The third-order valence-corrected chi connectivity index (χ3v) is 5.96. The molecule has 2 heterocycles. The van der Waals surface area contributed by atoms with Crippen LogP contribution in [0, 0.1) is 19.7 Å². The molecular weight excluding hydrogens is 395 g/mol. The smallest absolute Gasteiger partial charge is 0.191 e. The number of hydrogen-bond donors (Lipinski definition) is 2. The fraction of sp³-hybridized carbons (Fsp3) is 0.565. The second-order valence-electron chi connectivity index (χ2n) is 8.19. The van der Waals surface area contributed by atoms with E-state index in [4.69, 9.17) is 4.74 Å². The van der Waals surface area contributed by atoms with Gasteiger partial charge in [-0.15, -0.1) is 0 Å². The summed E-state index contributed by atoms with van der Waals surface area (Å²) in [5.74, 6) is 0.524. The van der Waals surface area contributed by atoms with E-state index in [0.717, 1.165) is 36.7 Å². The highest BCUT2D eigenvalue weighted by Crippen LogP contribution is 2.22. The Morgan fingerprint density at radius 3 is 2.65 bits per heavy atom. The Morgan fingerprint density at radius 1 is 1.29 bits per heavy atom. The van der Waals surface area contributed by atoms with Gasteiger partial charge >= 0.3 is 0 Å². The molecule has 0 radical (unpaired) electrons. The van der Waals surface area contributed by atoms with Gasteiger partial charge in [0, 0.05) is 45.5 Å². The lowest BCUT2D eigenvalue weighted by atomic mass is 10.0. The summed E-state index contributed by atoms with van der Waals surface area (Å²) in [7, 11) is 3.75. The molecule has 7 nitrogen and oxygen atoms in total. The number of benzene rings is 1. The summed E-state index contributed by atoms with van der Waals surface area (Å²) >= 11 is 0. The van der Waals surface area contributed by atoms with Crippen LogP contribution in [0.25, 0.3) is 0 Å². The van der Waals surface area contributed by atoms with Gasteiger partial charge in [0.2, 0.25) is 0 Å². The molecule has 0 spiro atoms. The molecule has 2 atom stereocenters. The van der Waals surface area contributed by atoms with Crippen molar-refractivity contribution in [1.29, 1.82) is 0 Å². The number of halogens is 1. The molecule has 2 aromatic rings. The maximum absolute atomic E-state index is 13.9. The van der Waals surface area contributed by atoms with Gasteiger partial charge in [-0.05, 0) is 50.5 Å². The predicted molar refractivity (Wildman–Crippen MR) is 122 cm³/mol. The molecule has 8 heteroatoms. The van der Waals surface area contributed by atoms with E-state index >= 15 is 0 Å². The zero-order valence-electron chi connectivity index (χ0n) is 19.3. The summed E-state index contributed by atoms with van der Waals surface area (Å²) < 4.78 is 21.3. The fourth-order valence-electron chi connectivity index (χ4n) is 4.15. The maximum Gasteiger partial charge on any atom is 0.191 e. The van der Waals surface area contributed by atoms with Gasteiger partial charge in [0.15, 0.2) is 5.96 Å². The Labute approximate surface area is 184 Å². The van der Waals surface area contributed by atoms with E-state index in [1.165, 1.54) is 17.3 Å². The van der Waals surface area contributed by atoms with Crippen LogP contribution in [0.15, 0.2) is 29.3 Å². The molecule has 1 aliphatic rings. The van der Waals surface area contributed by atoms with Crippen LogP contribution in [-0.2, 0) is 18.2 Å². The van der Waals surface area contributed by atoms with Crippen molar-refractivity contribution in [3.05, 3.63) is 52.6 Å². The van der Waals surface area contributed by atoms with E-state index < -0.39 is 0 Å². The second kappa shape index (κ2) is 10.7. The molecule has 1 aromatic carbocycles. The van der Waals surface area contributed by atoms with Crippen LogP contribution >= 0.6 is 0 Å². The minimum Gasteiger partial charge on any atom is -0.379 e. The fourth-order valence-corrected chi connectivity index (χ4v) is 4.15. The maximum atomic E-state index is 13.9. The van der Waals surface area contributed by atoms with Crippen molar-refractivity contribution < 1.29 is 9.13 Å². The molecule has 3 rings (SSSR count). The Morgan fingerprint density at radius 2 is 2.03 bits per heavy atom. The number of nitrogens with one attached hydrogen (secondary N) is 2. The van der Waals surface area contributed by atoms with E-state index in [2.05, 4.69) is 39.5 Å². The average Bonchev–Trinajstić information content (AvgIpc) is 2.99. The van der Waals surface area contributed by atoms with E-state index in [0.29, 0.717) is 19.8 Å². The molecule has 0 aliphatic carbocycles. The Bertz CT molecular complexity index is 890. The van der Waals surface area contributed by atoms with Gasteiger partial charge in [-0.25, -0.2) is 4.39 Å². The standard InChI is InChI=1S/C23H35FN6O/c1-16(13-21-17(2)28-29(5)18(21)3)27-23(25-4)26-15-22(30-9-11-31-12-10-30)19-7-6-8-20(24)14-19/h6-8,14,16,22H,9-13,15H2,1-5H3,(H2,25,26,27). The normalized spacial score (nSPS) is 17.4. The molecule has 1 aromatic heterocycles. The molecule has 2 N–H and O–H groups in total. The summed E-state index contributed by atoms with van der Waals surface area (Å²) in [6, 6.07) is 7.08. The molecule has 2 unspecified atom stereocenters. The minimum atomic E-state index is -0.214. The number of aryl methyl sites for hydroxylation is 2. The van der Waals surface area contributed by atoms with Crippen LogP contribution in [0.3, 0.4) is 0 Å². The third kappa shape index (κ3) is 6.04. The van der Waals surface area contributed by atoms with E-state index in [1.54, 1.807) is 19.2 Å². The summed E-state index contributed by atoms with van der Waals surface area (Å²) in [6.45, 7) is 9.95. The van der Waals surface area contributed by atoms with Crippen molar-refractivity contribution in [2.75, 3.05) is 39.9 Å². The molecule has 0 bridgehead atoms. The van der Waals surface area contributed by atoms with Crippen molar-refractivity contribution in [2.45, 2.75) is 39.3 Å². The zero-order valence-corrected chi connectivity index (χ0v) is 19.3. The molecule has 1 saturated heterocycles. The Kier molecular flexibility index (Phi) is 8.03. The SMILES string of the molecule is CN=C(NCC(c1cccc(F)c1)N1CCOCC1)NC(C)Cc1c(C)nn(C)c1C. The summed E-state index contributed by atoms with van der Waals surface area (Å²) in [5, 5.41) is 11.4. The van der Waals surface area contributed by atoms with Gasteiger partial charge in [-0.2, -0.15) is 5.10 Å². The number of hydrogen-bond acceptors (Lipinski definition) is 4. The van der Waals surface area contributed by atoms with Crippen LogP contribution in [0.5, 0.6) is 0 Å². The van der Waals surface area contributed by atoms with Crippen LogP contribution in [-0.4, -0.2) is 66.6 Å². The highest BCUT2D eigenvalue weighted by atomic mass is 19.1. The molecule has 1 fully saturated rings. The minimum absolute atomic E-state index is 0.0382. The van der Waals surface area contributed by atoms with Crippen LogP contribution < -0.4 is 10.6 Å². The monoisotopic (exact) mass is 430 g/mol. The van der Waals surface area contributed by atoms with Gasteiger partial charge in [0.05, 0.1) is 24.9 Å². The quantitative estimate of drug-likeness (QED) is 0.521. The first kappa shape index (κ1) is 23.2. The third-order valence-electron chi connectivity index (χ3n) is 5.96. The van der Waals surface area contributed by atoms with Crippen molar-refractivity contribution in [3.8, 4) is 0 Å². The van der Waals surface area contributed by atoms with Crippen LogP contribution in [0.1, 0.15) is 35.5 Å². The first-order valence-electron chi connectivity index (χ1n) is 10.9. The summed E-state index contributed by atoms with van der Waals surface area (Å²) in [4.78, 5) is 6.74. The zero-order chi connectivity index (χ0) is 22.4. The Hall–Kier alpha value is -2.45. The number of rotatable bonds is 7. The van der Waals surface area contributed by atoms with Crippen molar-refractivity contribution in [2.24, 2.45) is 12.0 Å². The van der Waals surface area contributed by atoms with Crippen LogP contribution in [0.4, 0.5) is 4.39 Å². The number of guanidine groups is 1.